The van der Waals surface area contributed by atoms with Crippen molar-refractivity contribution in [3.8, 4) is 17.2 Å². The van der Waals surface area contributed by atoms with Crippen LogP contribution in [-0.4, -0.2) is 19.3 Å². The maximum absolute atomic E-state index is 12.2. The Kier molecular flexibility index (Phi) is 4.40. The van der Waals surface area contributed by atoms with Crippen LogP contribution in [0.25, 0.3) is 11.0 Å². The third kappa shape index (κ3) is 3.12. The lowest BCUT2D eigenvalue weighted by atomic mass is 10.2. The summed E-state index contributed by atoms with van der Waals surface area (Å²) in [4.78, 5) is 12.2. The average molecular weight is 292 g/mol. The van der Waals surface area contributed by atoms with Crippen LogP contribution in [0.2, 0.25) is 0 Å². The summed E-state index contributed by atoms with van der Waals surface area (Å²) in [7, 11) is 1.52. The first-order valence-corrected chi connectivity index (χ1v) is 6.91. The quantitative estimate of drug-likeness (QED) is 0.791. The Balaban J connectivity index is 2.77. The van der Waals surface area contributed by atoms with E-state index in [1.165, 1.54) is 7.11 Å². The zero-order valence-corrected chi connectivity index (χ0v) is 12.9. The molecule has 0 aliphatic heterocycles. The molecule has 0 spiro atoms. The zero-order chi connectivity index (χ0) is 15.6. The summed E-state index contributed by atoms with van der Waals surface area (Å²) < 4.78 is 22.0. The second kappa shape index (κ2) is 6.08. The number of hydrogen-bond donors (Lipinski definition) is 0. The molecule has 1 aromatic heterocycles. The molecular weight excluding hydrogens is 272 g/mol. The minimum Gasteiger partial charge on any atom is -0.493 e. The van der Waals surface area contributed by atoms with Gasteiger partial charge < -0.3 is 18.6 Å². The molecule has 5 nitrogen and oxygen atoms in total. The second-order valence-corrected chi connectivity index (χ2v) is 5.22. The van der Waals surface area contributed by atoms with Gasteiger partial charge >= 0.3 is 5.63 Å². The summed E-state index contributed by atoms with van der Waals surface area (Å²) in [5.41, 5.74) is -0.215. The van der Waals surface area contributed by atoms with E-state index >= 15 is 0 Å². The lowest BCUT2D eigenvalue weighted by molar-refractivity contribution is 0.193. The van der Waals surface area contributed by atoms with Crippen LogP contribution in [-0.2, 0) is 0 Å². The molecule has 0 atom stereocenters. The highest BCUT2D eigenvalue weighted by Crippen LogP contribution is 2.37. The number of benzene rings is 1. The Morgan fingerprint density at radius 2 is 1.62 bits per heavy atom. The van der Waals surface area contributed by atoms with Gasteiger partial charge in [-0.15, -0.1) is 0 Å². The highest BCUT2D eigenvalue weighted by atomic mass is 16.5. The molecule has 1 aromatic carbocycles. The van der Waals surface area contributed by atoms with Crippen molar-refractivity contribution in [3.05, 3.63) is 28.6 Å². The van der Waals surface area contributed by atoms with Crippen LogP contribution in [0.5, 0.6) is 17.2 Å². The number of methoxy groups -OCH3 is 1. The topological polar surface area (TPSA) is 57.9 Å². The Bertz CT molecular complexity index is 685. The largest absolute Gasteiger partial charge is 0.493 e. The standard InChI is InChI=1S/C16H20O5/c1-9(2)19-14-11-7-6-8-12(18-5)13(11)21-16(17)15(14)20-10(3)4/h6-10H,1-5H3. The number of para-hydroxylation sites is 1. The molecule has 1 heterocycles. The van der Waals surface area contributed by atoms with E-state index in [1.807, 2.05) is 39.8 Å². The number of ether oxygens (including phenoxy) is 3. The molecule has 0 amide bonds. The first-order chi connectivity index (χ1) is 9.93. The van der Waals surface area contributed by atoms with E-state index in [2.05, 4.69) is 0 Å². The van der Waals surface area contributed by atoms with E-state index in [0.29, 0.717) is 22.5 Å². The van der Waals surface area contributed by atoms with Gasteiger partial charge in [0.05, 0.1) is 24.7 Å². The van der Waals surface area contributed by atoms with Crippen molar-refractivity contribution in [2.45, 2.75) is 39.9 Å². The summed E-state index contributed by atoms with van der Waals surface area (Å²) in [5.74, 6) is 0.970. The van der Waals surface area contributed by atoms with Crippen LogP contribution < -0.4 is 19.8 Å². The van der Waals surface area contributed by atoms with Gasteiger partial charge in [0.25, 0.3) is 0 Å². The van der Waals surface area contributed by atoms with E-state index in [-0.39, 0.29) is 18.0 Å². The third-order valence-electron chi connectivity index (χ3n) is 2.74. The van der Waals surface area contributed by atoms with Crippen molar-refractivity contribution < 1.29 is 18.6 Å². The molecular formula is C16H20O5. The maximum atomic E-state index is 12.2. The van der Waals surface area contributed by atoms with Crippen molar-refractivity contribution in [3.63, 3.8) is 0 Å². The summed E-state index contributed by atoms with van der Waals surface area (Å²) in [6, 6.07) is 5.35. The molecule has 5 heteroatoms. The van der Waals surface area contributed by atoms with Gasteiger partial charge in [-0.3, -0.25) is 0 Å². The summed E-state index contributed by atoms with van der Waals surface area (Å²) in [6.07, 6.45) is -0.263. The van der Waals surface area contributed by atoms with Crippen LogP contribution in [0.3, 0.4) is 0 Å². The van der Waals surface area contributed by atoms with Crippen molar-refractivity contribution >= 4 is 11.0 Å². The van der Waals surface area contributed by atoms with E-state index in [4.69, 9.17) is 18.6 Å². The highest BCUT2D eigenvalue weighted by Gasteiger charge is 2.21. The van der Waals surface area contributed by atoms with E-state index in [0.717, 1.165) is 0 Å². The molecule has 0 saturated heterocycles. The summed E-state index contributed by atoms with van der Waals surface area (Å²) in [6.45, 7) is 7.46. The molecule has 0 saturated carbocycles. The van der Waals surface area contributed by atoms with Gasteiger partial charge in [0, 0.05) is 0 Å². The normalized spacial score (nSPS) is 11.2. The van der Waals surface area contributed by atoms with E-state index in [1.54, 1.807) is 6.07 Å². The van der Waals surface area contributed by atoms with Crippen LogP contribution in [0.15, 0.2) is 27.4 Å². The van der Waals surface area contributed by atoms with Gasteiger partial charge in [-0.1, -0.05) is 6.07 Å². The molecule has 0 aliphatic carbocycles. The highest BCUT2D eigenvalue weighted by molar-refractivity contribution is 5.89. The maximum Gasteiger partial charge on any atom is 0.383 e. The Labute approximate surface area is 123 Å². The molecule has 0 radical (unpaired) electrons. The van der Waals surface area contributed by atoms with Gasteiger partial charge in [-0.05, 0) is 39.8 Å². The SMILES string of the molecule is COc1cccc2c(OC(C)C)c(OC(C)C)c(=O)oc12. The molecule has 2 rings (SSSR count). The summed E-state index contributed by atoms with van der Waals surface area (Å²) >= 11 is 0. The third-order valence-corrected chi connectivity index (χ3v) is 2.74. The second-order valence-electron chi connectivity index (χ2n) is 5.22. The lowest BCUT2D eigenvalue weighted by Crippen LogP contribution is -2.17. The Morgan fingerprint density at radius 1 is 1.00 bits per heavy atom. The first kappa shape index (κ1) is 15.2. The predicted molar refractivity (Wildman–Crippen MR) is 80.6 cm³/mol. The first-order valence-electron chi connectivity index (χ1n) is 6.91. The van der Waals surface area contributed by atoms with Gasteiger partial charge in [0.2, 0.25) is 5.75 Å². The molecule has 0 unspecified atom stereocenters. The molecule has 2 aromatic rings. The number of rotatable bonds is 5. The molecule has 0 N–H and O–H groups in total. The minimum absolute atomic E-state index is 0.0967. The molecule has 0 fully saturated rings. The van der Waals surface area contributed by atoms with Gasteiger partial charge in [-0.2, -0.15) is 0 Å². The van der Waals surface area contributed by atoms with E-state index < -0.39 is 5.63 Å². The van der Waals surface area contributed by atoms with Gasteiger partial charge in [-0.25, -0.2) is 4.79 Å². The molecule has 0 bridgehead atoms. The smallest absolute Gasteiger partial charge is 0.383 e. The Hall–Kier alpha value is -2.17. The number of hydrogen-bond acceptors (Lipinski definition) is 5. The molecule has 21 heavy (non-hydrogen) atoms. The number of fused-ring (bicyclic) bond motifs is 1. The zero-order valence-electron chi connectivity index (χ0n) is 12.9. The van der Waals surface area contributed by atoms with Crippen molar-refractivity contribution in [2.75, 3.05) is 7.11 Å². The van der Waals surface area contributed by atoms with Crippen LogP contribution in [0, 0.1) is 0 Å². The fourth-order valence-electron chi connectivity index (χ4n) is 2.00. The van der Waals surface area contributed by atoms with Gasteiger partial charge in [0.1, 0.15) is 0 Å². The molecule has 114 valence electrons. The lowest BCUT2D eigenvalue weighted by Gasteiger charge is -2.17. The monoisotopic (exact) mass is 292 g/mol. The fraction of sp³-hybridized carbons (Fsp3) is 0.438. The van der Waals surface area contributed by atoms with Crippen LogP contribution in [0.1, 0.15) is 27.7 Å². The van der Waals surface area contributed by atoms with Crippen LogP contribution in [0.4, 0.5) is 0 Å². The van der Waals surface area contributed by atoms with Crippen molar-refractivity contribution in [1.82, 2.24) is 0 Å². The fourth-order valence-corrected chi connectivity index (χ4v) is 2.00. The molecule has 0 aliphatic rings. The van der Waals surface area contributed by atoms with Crippen molar-refractivity contribution in [1.29, 1.82) is 0 Å². The Morgan fingerprint density at radius 3 is 2.19 bits per heavy atom. The predicted octanol–water partition coefficient (Wildman–Crippen LogP) is 3.38. The summed E-state index contributed by atoms with van der Waals surface area (Å²) in [5, 5.41) is 0.651. The van der Waals surface area contributed by atoms with Crippen molar-refractivity contribution in [2.24, 2.45) is 0 Å². The van der Waals surface area contributed by atoms with E-state index in [9.17, 15) is 4.79 Å². The average Bonchev–Trinajstić information content (AvgIpc) is 2.41. The van der Waals surface area contributed by atoms with Crippen LogP contribution >= 0.6 is 0 Å². The van der Waals surface area contributed by atoms with Gasteiger partial charge in [0.15, 0.2) is 17.1 Å². The minimum atomic E-state index is -0.573.